The lowest BCUT2D eigenvalue weighted by molar-refractivity contribution is -0.150. The number of carbonyl (C=O) groups is 2. The van der Waals surface area contributed by atoms with Crippen LogP contribution in [0.2, 0.25) is 0 Å². The molecule has 76 valence electrons. The summed E-state index contributed by atoms with van der Waals surface area (Å²) in [5.41, 5.74) is 0. The number of ether oxygens (including phenoxy) is 1. The summed E-state index contributed by atoms with van der Waals surface area (Å²) in [5, 5.41) is 2.97. The van der Waals surface area contributed by atoms with E-state index in [0.29, 0.717) is 17.9 Å². The molecule has 2 aliphatic carbocycles. The van der Waals surface area contributed by atoms with Crippen LogP contribution in [0.25, 0.3) is 0 Å². The number of esters is 1. The molecule has 1 heterocycles. The number of nitrogens with one attached hydrogen (secondary N) is 1. The molecule has 0 spiro atoms. The molecule has 1 aliphatic heterocycles. The first-order valence-electron chi connectivity index (χ1n) is 5.10. The van der Waals surface area contributed by atoms with Gasteiger partial charge >= 0.3 is 5.97 Å². The third-order valence-corrected chi connectivity index (χ3v) is 4.11. The van der Waals surface area contributed by atoms with E-state index >= 15 is 0 Å². The van der Waals surface area contributed by atoms with Gasteiger partial charge < -0.3 is 10.1 Å². The first kappa shape index (κ1) is 8.26. The largest absolute Gasteiger partial charge is 0.469 e. The quantitative estimate of drug-likeness (QED) is 0.596. The van der Waals surface area contributed by atoms with Gasteiger partial charge in [-0.15, -0.1) is 0 Å². The van der Waals surface area contributed by atoms with Crippen LogP contribution in [0.3, 0.4) is 0 Å². The molecule has 2 saturated carbocycles. The first-order chi connectivity index (χ1) is 6.72. The van der Waals surface area contributed by atoms with Gasteiger partial charge in [0.25, 0.3) is 0 Å². The molecule has 4 heteroatoms. The monoisotopic (exact) mass is 195 g/mol. The van der Waals surface area contributed by atoms with Crippen LogP contribution in [-0.2, 0) is 14.3 Å². The minimum Gasteiger partial charge on any atom is -0.469 e. The first-order valence-corrected chi connectivity index (χ1v) is 5.10. The number of methoxy groups -OCH3 is 1. The van der Waals surface area contributed by atoms with Crippen LogP contribution in [0.15, 0.2) is 0 Å². The molecule has 0 aromatic rings. The molecule has 2 unspecified atom stereocenters. The molecule has 1 amide bonds. The van der Waals surface area contributed by atoms with E-state index < -0.39 is 0 Å². The van der Waals surface area contributed by atoms with Gasteiger partial charge in [-0.1, -0.05) is 0 Å². The summed E-state index contributed by atoms with van der Waals surface area (Å²) in [5.74, 6) is 0.390. The number of hydrogen-bond donors (Lipinski definition) is 1. The fraction of sp³-hybridized carbons (Fsp3) is 0.800. The highest BCUT2D eigenvalue weighted by atomic mass is 16.5. The van der Waals surface area contributed by atoms with E-state index in [1.165, 1.54) is 7.11 Å². The van der Waals surface area contributed by atoms with E-state index in [0.717, 1.165) is 12.8 Å². The lowest BCUT2D eigenvalue weighted by Gasteiger charge is -2.23. The average molecular weight is 195 g/mol. The highest BCUT2D eigenvalue weighted by molar-refractivity contribution is 5.89. The Morgan fingerprint density at radius 3 is 3.00 bits per heavy atom. The number of rotatable bonds is 1. The zero-order valence-electron chi connectivity index (χ0n) is 8.03. The summed E-state index contributed by atoms with van der Waals surface area (Å²) < 4.78 is 4.77. The summed E-state index contributed by atoms with van der Waals surface area (Å²) in [4.78, 5) is 23.1. The molecule has 3 fully saturated rings. The normalized spacial score (nSPS) is 48.1. The number of fused-ring (bicyclic) bond motifs is 1. The van der Waals surface area contributed by atoms with Crippen LogP contribution in [-0.4, -0.2) is 25.0 Å². The smallest absolute Gasteiger partial charge is 0.309 e. The predicted octanol–water partition coefficient (Wildman–Crippen LogP) is -0.0700. The van der Waals surface area contributed by atoms with Crippen LogP contribution in [0.5, 0.6) is 0 Å². The van der Waals surface area contributed by atoms with Gasteiger partial charge in [0.05, 0.1) is 18.9 Å². The van der Waals surface area contributed by atoms with Crippen LogP contribution in [0.4, 0.5) is 0 Å². The highest BCUT2D eigenvalue weighted by Gasteiger charge is 2.62. The van der Waals surface area contributed by atoms with E-state index in [4.69, 9.17) is 4.74 Å². The topological polar surface area (TPSA) is 55.4 Å². The van der Waals surface area contributed by atoms with Crippen LogP contribution >= 0.6 is 0 Å². The van der Waals surface area contributed by atoms with Crippen molar-refractivity contribution in [1.82, 2.24) is 5.32 Å². The van der Waals surface area contributed by atoms with Gasteiger partial charge in [0, 0.05) is 6.04 Å². The molecule has 4 nitrogen and oxygen atoms in total. The van der Waals surface area contributed by atoms with Crippen molar-refractivity contribution < 1.29 is 14.3 Å². The zero-order valence-corrected chi connectivity index (χ0v) is 8.03. The lowest BCUT2D eigenvalue weighted by atomic mass is 9.80. The van der Waals surface area contributed by atoms with Gasteiger partial charge in [-0.05, 0) is 24.7 Å². The van der Waals surface area contributed by atoms with Crippen molar-refractivity contribution >= 4 is 11.9 Å². The van der Waals surface area contributed by atoms with Crippen LogP contribution in [0.1, 0.15) is 12.8 Å². The Bertz CT molecular complexity index is 312. The molecule has 14 heavy (non-hydrogen) atoms. The number of hydrogen-bond acceptors (Lipinski definition) is 3. The second-order valence-electron chi connectivity index (χ2n) is 4.59. The Morgan fingerprint density at radius 1 is 1.50 bits per heavy atom. The SMILES string of the molecule is COC(=O)[C@@H]1C2C(=O)NC3C[C@@H]1C[C@@H]32. The van der Waals surface area contributed by atoms with Crippen molar-refractivity contribution in [2.45, 2.75) is 18.9 Å². The van der Waals surface area contributed by atoms with Crippen molar-refractivity contribution in [2.24, 2.45) is 23.7 Å². The summed E-state index contributed by atoms with van der Waals surface area (Å²) in [7, 11) is 1.40. The standard InChI is InChI=1S/C10H13NO3/c1-14-10(13)7-4-2-5-6(3-4)11-9(12)8(5)7/h4-8H,2-3H2,1H3,(H,11,12)/t4-,5-,6?,7-,8?/m0/s1. The Morgan fingerprint density at radius 2 is 2.29 bits per heavy atom. The van der Waals surface area contributed by atoms with Gasteiger partial charge in [0.2, 0.25) is 5.91 Å². The molecule has 0 radical (unpaired) electrons. The lowest BCUT2D eigenvalue weighted by Crippen LogP contribution is -2.32. The Labute approximate surface area is 82.0 Å². The maximum Gasteiger partial charge on any atom is 0.309 e. The van der Waals surface area contributed by atoms with E-state index in [9.17, 15) is 9.59 Å². The van der Waals surface area contributed by atoms with Crippen LogP contribution in [0, 0.1) is 23.7 Å². The fourth-order valence-corrected chi connectivity index (χ4v) is 3.64. The van der Waals surface area contributed by atoms with E-state index in [-0.39, 0.29) is 23.7 Å². The maximum absolute atomic E-state index is 11.6. The number of carbonyl (C=O) groups excluding carboxylic acids is 2. The third-order valence-electron chi connectivity index (χ3n) is 4.11. The molecule has 1 saturated heterocycles. The van der Waals surface area contributed by atoms with Gasteiger partial charge in [-0.25, -0.2) is 0 Å². The molecule has 2 bridgehead atoms. The average Bonchev–Trinajstić information content (AvgIpc) is 2.75. The third kappa shape index (κ3) is 0.792. The minimum absolute atomic E-state index is 0.0652. The van der Waals surface area contributed by atoms with Crippen molar-refractivity contribution in [3.8, 4) is 0 Å². The van der Waals surface area contributed by atoms with E-state index in [1.807, 2.05) is 0 Å². The molecule has 5 atom stereocenters. The van der Waals surface area contributed by atoms with Crippen molar-refractivity contribution in [1.29, 1.82) is 0 Å². The predicted molar refractivity (Wildman–Crippen MR) is 47.1 cm³/mol. The molecule has 0 aromatic heterocycles. The van der Waals surface area contributed by atoms with Gasteiger partial charge in [-0.2, -0.15) is 0 Å². The van der Waals surface area contributed by atoms with Crippen molar-refractivity contribution in [2.75, 3.05) is 7.11 Å². The second-order valence-corrected chi connectivity index (χ2v) is 4.59. The second kappa shape index (κ2) is 2.49. The number of amides is 1. The highest BCUT2D eigenvalue weighted by Crippen LogP contribution is 2.55. The minimum atomic E-state index is -0.196. The summed E-state index contributed by atoms with van der Waals surface area (Å²) >= 11 is 0. The van der Waals surface area contributed by atoms with Gasteiger partial charge in [0.15, 0.2) is 0 Å². The van der Waals surface area contributed by atoms with E-state index in [2.05, 4.69) is 5.32 Å². The molecular weight excluding hydrogens is 182 g/mol. The molecular formula is C10H13NO3. The van der Waals surface area contributed by atoms with Gasteiger partial charge in [-0.3, -0.25) is 9.59 Å². The Balaban J connectivity index is 1.95. The Kier molecular flexibility index (Phi) is 1.47. The maximum atomic E-state index is 11.6. The van der Waals surface area contributed by atoms with E-state index in [1.54, 1.807) is 0 Å². The summed E-state index contributed by atoms with van der Waals surface area (Å²) in [6.45, 7) is 0. The van der Waals surface area contributed by atoms with Crippen LogP contribution < -0.4 is 5.32 Å². The summed E-state index contributed by atoms with van der Waals surface area (Å²) in [6.07, 6.45) is 1.99. The molecule has 3 aliphatic rings. The molecule has 0 aromatic carbocycles. The molecule has 3 rings (SSSR count). The molecule has 1 N–H and O–H groups in total. The van der Waals surface area contributed by atoms with Gasteiger partial charge in [0.1, 0.15) is 0 Å². The zero-order chi connectivity index (χ0) is 9.87. The Hall–Kier alpha value is -1.06. The van der Waals surface area contributed by atoms with Crippen molar-refractivity contribution in [3.63, 3.8) is 0 Å². The fourth-order valence-electron chi connectivity index (χ4n) is 3.64. The van der Waals surface area contributed by atoms with Crippen molar-refractivity contribution in [3.05, 3.63) is 0 Å². The summed E-state index contributed by atoms with van der Waals surface area (Å²) in [6, 6.07) is 0.346.